The van der Waals surface area contributed by atoms with Crippen molar-refractivity contribution in [3.05, 3.63) is 53.3 Å². The van der Waals surface area contributed by atoms with E-state index in [1.165, 1.54) is 12.8 Å². The summed E-state index contributed by atoms with van der Waals surface area (Å²) in [6, 6.07) is 7.49. The summed E-state index contributed by atoms with van der Waals surface area (Å²) in [5.74, 6) is 1.65. The van der Waals surface area contributed by atoms with Gasteiger partial charge in [-0.15, -0.1) is 0 Å². The zero-order chi connectivity index (χ0) is 16.6. The number of carbonyl (C=O) groups is 1. The monoisotopic (exact) mass is 323 g/mol. The molecule has 1 aromatic carbocycles. The number of rotatable bonds is 4. The lowest BCUT2D eigenvalue weighted by Gasteiger charge is -2.22. The molecule has 1 aromatic heterocycles. The minimum atomic E-state index is -0.122. The minimum Gasteiger partial charge on any atom is -0.496 e. The van der Waals surface area contributed by atoms with Crippen LogP contribution in [0.1, 0.15) is 47.2 Å². The van der Waals surface area contributed by atoms with Crippen LogP contribution in [0.15, 0.2) is 36.7 Å². The van der Waals surface area contributed by atoms with Crippen molar-refractivity contribution in [2.24, 2.45) is 0 Å². The minimum absolute atomic E-state index is 0.0788. The molecule has 1 spiro atoms. The Morgan fingerprint density at radius 2 is 1.96 bits per heavy atom. The molecule has 0 saturated heterocycles. The Kier molecular flexibility index (Phi) is 3.75. The third-order valence-electron chi connectivity index (χ3n) is 5.18. The summed E-state index contributed by atoms with van der Waals surface area (Å²) in [4.78, 5) is 16.8. The van der Waals surface area contributed by atoms with Gasteiger partial charge >= 0.3 is 0 Å². The van der Waals surface area contributed by atoms with Crippen LogP contribution >= 0.6 is 0 Å². The van der Waals surface area contributed by atoms with E-state index >= 15 is 0 Å². The molecule has 0 unspecified atom stereocenters. The van der Waals surface area contributed by atoms with E-state index < -0.39 is 0 Å². The molecule has 0 radical (unpaired) electrons. The van der Waals surface area contributed by atoms with E-state index in [4.69, 9.17) is 9.47 Å². The number of hydrogen-bond donors (Lipinski definition) is 0. The van der Waals surface area contributed by atoms with Gasteiger partial charge in [-0.1, -0.05) is 0 Å². The zero-order valence-electron chi connectivity index (χ0n) is 13.9. The molecule has 2 aliphatic rings. The van der Waals surface area contributed by atoms with Gasteiger partial charge < -0.3 is 9.47 Å². The molecule has 1 aliphatic heterocycles. The van der Waals surface area contributed by atoms with Crippen LogP contribution in [0.4, 0.5) is 0 Å². The molecule has 2 aromatic rings. The first-order valence-corrected chi connectivity index (χ1v) is 8.52. The first-order chi connectivity index (χ1) is 11.7. The lowest BCUT2D eigenvalue weighted by molar-refractivity contribution is 0.0934. The zero-order valence-corrected chi connectivity index (χ0v) is 13.9. The van der Waals surface area contributed by atoms with Gasteiger partial charge in [0.15, 0.2) is 5.78 Å². The van der Waals surface area contributed by atoms with Crippen LogP contribution < -0.4 is 9.47 Å². The van der Waals surface area contributed by atoms with Crippen LogP contribution in [-0.4, -0.2) is 23.5 Å². The quantitative estimate of drug-likeness (QED) is 0.804. The van der Waals surface area contributed by atoms with Gasteiger partial charge in [0.1, 0.15) is 17.1 Å². The number of benzene rings is 1. The number of methoxy groups -OCH3 is 1. The molecule has 0 bridgehead atoms. The van der Waals surface area contributed by atoms with Gasteiger partial charge in [0.2, 0.25) is 0 Å². The number of ether oxygens (including phenoxy) is 2. The average molecular weight is 323 g/mol. The highest BCUT2D eigenvalue weighted by Crippen LogP contribution is 2.49. The van der Waals surface area contributed by atoms with E-state index in [-0.39, 0.29) is 11.4 Å². The molecule has 124 valence electrons. The second-order valence-electron chi connectivity index (χ2n) is 6.75. The number of ketones is 1. The topological polar surface area (TPSA) is 48.4 Å². The van der Waals surface area contributed by atoms with Crippen molar-refractivity contribution >= 4 is 5.78 Å². The third kappa shape index (κ3) is 2.56. The van der Waals surface area contributed by atoms with E-state index in [2.05, 4.69) is 4.98 Å². The predicted molar refractivity (Wildman–Crippen MR) is 90.8 cm³/mol. The molecule has 0 N–H and O–H groups in total. The standard InChI is InChI=1S/C20H21NO3/c1-23-18-5-4-15(17(22)12-14-6-10-21-11-7-14)19-16(18)13-20(24-19)8-2-3-9-20/h4-7,10-11H,2-3,8-9,12-13H2,1H3. The summed E-state index contributed by atoms with van der Waals surface area (Å²) in [6.45, 7) is 0. The van der Waals surface area contributed by atoms with E-state index in [0.29, 0.717) is 12.0 Å². The number of fused-ring (bicyclic) bond motifs is 1. The Morgan fingerprint density at radius 1 is 1.21 bits per heavy atom. The first kappa shape index (κ1) is 15.2. The van der Waals surface area contributed by atoms with E-state index in [1.807, 2.05) is 24.3 Å². The summed E-state index contributed by atoms with van der Waals surface area (Å²) in [6.07, 6.45) is 9.13. The molecule has 4 heteroatoms. The summed E-state index contributed by atoms with van der Waals surface area (Å²) < 4.78 is 11.9. The maximum Gasteiger partial charge on any atom is 0.170 e. The van der Waals surface area contributed by atoms with Gasteiger partial charge in [-0.2, -0.15) is 0 Å². The van der Waals surface area contributed by atoms with Crippen LogP contribution in [-0.2, 0) is 12.8 Å². The van der Waals surface area contributed by atoms with Gasteiger partial charge in [0, 0.05) is 30.8 Å². The Labute approximate surface area is 141 Å². The van der Waals surface area contributed by atoms with Crippen LogP contribution in [0, 0.1) is 0 Å². The fourth-order valence-corrected chi connectivity index (χ4v) is 3.96. The van der Waals surface area contributed by atoms with Crippen LogP contribution in [0.2, 0.25) is 0 Å². The summed E-state index contributed by atoms with van der Waals surface area (Å²) in [7, 11) is 1.67. The van der Waals surface area contributed by atoms with Crippen molar-refractivity contribution < 1.29 is 14.3 Å². The maximum absolute atomic E-state index is 12.8. The van der Waals surface area contributed by atoms with E-state index in [9.17, 15) is 4.79 Å². The number of hydrogen-bond acceptors (Lipinski definition) is 4. The summed E-state index contributed by atoms with van der Waals surface area (Å²) in [5.41, 5.74) is 2.57. The van der Waals surface area contributed by atoms with E-state index in [1.54, 1.807) is 19.5 Å². The molecule has 4 nitrogen and oxygen atoms in total. The maximum atomic E-state index is 12.8. The van der Waals surface area contributed by atoms with Crippen molar-refractivity contribution in [3.63, 3.8) is 0 Å². The predicted octanol–water partition coefficient (Wildman–Crippen LogP) is 3.76. The molecular formula is C20H21NO3. The number of Topliss-reactive ketones (excluding diaryl/α,β-unsaturated/α-hetero) is 1. The fraction of sp³-hybridized carbons (Fsp3) is 0.400. The average Bonchev–Trinajstić information content (AvgIpc) is 3.21. The third-order valence-corrected chi connectivity index (χ3v) is 5.18. The number of pyridine rings is 1. The second-order valence-corrected chi connectivity index (χ2v) is 6.75. The first-order valence-electron chi connectivity index (χ1n) is 8.52. The highest BCUT2D eigenvalue weighted by Gasteiger charge is 2.44. The van der Waals surface area contributed by atoms with Crippen molar-refractivity contribution in [2.45, 2.75) is 44.1 Å². The van der Waals surface area contributed by atoms with Gasteiger partial charge in [-0.05, 0) is 55.5 Å². The SMILES string of the molecule is COc1ccc(C(=O)Cc2ccncc2)c2c1CC1(CCCC1)O2. The van der Waals surface area contributed by atoms with Crippen LogP contribution in [0.5, 0.6) is 11.5 Å². The lowest BCUT2D eigenvalue weighted by atomic mass is 9.93. The van der Waals surface area contributed by atoms with Gasteiger partial charge in [0.05, 0.1) is 12.7 Å². The highest BCUT2D eigenvalue weighted by atomic mass is 16.5. The largest absolute Gasteiger partial charge is 0.496 e. The lowest BCUT2D eigenvalue weighted by Crippen LogP contribution is -2.30. The molecule has 4 rings (SSSR count). The molecule has 1 saturated carbocycles. The Bertz CT molecular complexity index is 764. The van der Waals surface area contributed by atoms with Crippen molar-refractivity contribution in [1.29, 1.82) is 0 Å². The van der Waals surface area contributed by atoms with Crippen LogP contribution in [0.25, 0.3) is 0 Å². The normalized spacial score (nSPS) is 17.5. The van der Waals surface area contributed by atoms with Crippen LogP contribution in [0.3, 0.4) is 0 Å². The molecule has 0 atom stereocenters. The van der Waals surface area contributed by atoms with E-state index in [0.717, 1.165) is 41.9 Å². The molecule has 1 aliphatic carbocycles. The number of aromatic nitrogens is 1. The Balaban J connectivity index is 1.68. The summed E-state index contributed by atoms with van der Waals surface area (Å²) in [5, 5.41) is 0. The van der Waals surface area contributed by atoms with Crippen molar-refractivity contribution in [1.82, 2.24) is 4.98 Å². The summed E-state index contributed by atoms with van der Waals surface area (Å²) >= 11 is 0. The molecule has 2 heterocycles. The molecule has 0 amide bonds. The van der Waals surface area contributed by atoms with Crippen molar-refractivity contribution in [2.75, 3.05) is 7.11 Å². The van der Waals surface area contributed by atoms with Crippen molar-refractivity contribution in [3.8, 4) is 11.5 Å². The number of carbonyl (C=O) groups excluding carboxylic acids is 1. The second kappa shape index (κ2) is 5.93. The van der Waals surface area contributed by atoms with Gasteiger partial charge in [-0.3, -0.25) is 9.78 Å². The van der Waals surface area contributed by atoms with Gasteiger partial charge in [-0.25, -0.2) is 0 Å². The molecule has 1 fully saturated rings. The highest BCUT2D eigenvalue weighted by molar-refractivity contribution is 6.01. The molecule has 24 heavy (non-hydrogen) atoms. The smallest absolute Gasteiger partial charge is 0.170 e. The van der Waals surface area contributed by atoms with Gasteiger partial charge in [0.25, 0.3) is 0 Å². The Morgan fingerprint density at radius 3 is 2.67 bits per heavy atom. The Hall–Kier alpha value is -2.36. The fourth-order valence-electron chi connectivity index (χ4n) is 3.96. The molecular weight excluding hydrogens is 302 g/mol. The number of nitrogens with zero attached hydrogens (tertiary/aromatic N) is 1.